The topological polar surface area (TPSA) is 72.7 Å². The highest BCUT2D eigenvalue weighted by atomic mass is 16.3. The van der Waals surface area contributed by atoms with Crippen LogP contribution in [0.5, 0.6) is 0 Å². The van der Waals surface area contributed by atoms with Gasteiger partial charge in [-0.25, -0.2) is 0 Å². The Morgan fingerprint density at radius 2 is 1.23 bits per heavy atom. The number of aliphatic hydroxyl groups excluding tert-OH is 3. The van der Waals surface area contributed by atoms with Gasteiger partial charge in [0.1, 0.15) is 0 Å². The van der Waals surface area contributed by atoms with Crippen LogP contribution in [-0.4, -0.2) is 40.7 Å². The molecule has 0 fully saturated rings. The first-order valence-electron chi connectivity index (χ1n) is 7.29. The molecule has 0 amide bonds. The Kier molecular flexibility index (Phi) is 8.40. The van der Waals surface area contributed by atoms with Crippen molar-refractivity contribution < 1.29 is 15.3 Å². The van der Waals surface area contributed by atoms with E-state index in [4.69, 9.17) is 15.3 Å². The largest absolute Gasteiger partial charge is 0.394 e. The number of hydrogen-bond acceptors (Lipinski definition) is 4. The third-order valence-electron chi connectivity index (χ3n) is 3.36. The Balaban J connectivity index is 0.000000287. The van der Waals surface area contributed by atoms with Gasteiger partial charge in [-0.1, -0.05) is 66.2 Å². The molecule has 2 aromatic carbocycles. The molecule has 120 valence electrons. The van der Waals surface area contributed by atoms with Crippen molar-refractivity contribution in [3.63, 3.8) is 0 Å². The molecule has 0 radical (unpaired) electrons. The molecule has 0 heterocycles. The summed E-state index contributed by atoms with van der Waals surface area (Å²) in [5.74, 6) is 0. The Hall–Kier alpha value is -1.72. The number of rotatable bonds is 6. The molecule has 0 saturated carbocycles. The summed E-state index contributed by atoms with van der Waals surface area (Å²) in [6.07, 6.45) is 0. The molecule has 2 aromatic rings. The molecule has 0 atom stereocenters. The SMILES string of the molecule is Cc1ccccc1.OCC(CO)(CO)NCc1ccccc1. The predicted octanol–water partition coefficient (Wildman–Crippen LogP) is 1.49. The standard InChI is InChI=1S/C11H17NO3.C7H8/c13-7-11(8-14,9-15)12-6-10-4-2-1-3-5-10;1-7-5-3-2-4-6-7/h1-5,12-15H,6-9H2;2-6H,1H3. The first kappa shape index (κ1) is 18.3. The van der Waals surface area contributed by atoms with Crippen LogP contribution in [0.15, 0.2) is 60.7 Å². The first-order valence-corrected chi connectivity index (χ1v) is 7.29. The summed E-state index contributed by atoms with van der Waals surface area (Å²) in [5, 5.41) is 30.2. The summed E-state index contributed by atoms with van der Waals surface area (Å²) < 4.78 is 0. The van der Waals surface area contributed by atoms with Gasteiger partial charge < -0.3 is 20.6 Å². The minimum atomic E-state index is -1.00. The van der Waals surface area contributed by atoms with Crippen molar-refractivity contribution >= 4 is 0 Å². The van der Waals surface area contributed by atoms with E-state index < -0.39 is 5.54 Å². The van der Waals surface area contributed by atoms with Gasteiger partial charge in [-0.05, 0) is 12.5 Å². The van der Waals surface area contributed by atoms with Gasteiger partial charge in [-0.15, -0.1) is 0 Å². The van der Waals surface area contributed by atoms with Gasteiger partial charge >= 0.3 is 0 Å². The second-order valence-corrected chi connectivity index (χ2v) is 5.25. The molecule has 0 aliphatic heterocycles. The van der Waals surface area contributed by atoms with Gasteiger partial charge in [0.05, 0.1) is 25.4 Å². The van der Waals surface area contributed by atoms with Gasteiger partial charge in [-0.3, -0.25) is 0 Å². The maximum Gasteiger partial charge on any atom is 0.0884 e. The van der Waals surface area contributed by atoms with Crippen LogP contribution in [-0.2, 0) is 6.54 Å². The van der Waals surface area contributed by atoms with Gasteiger partial charge in [0.2, 0.25) is 0 Å². The molecule has 4 N–H and O–H groups in total. The molecule has 4 nitrogen and oxygen atoms in total. The lowest BCUT2D eigenvalue weighted by Gasteiger charge is -2.28. The van der Waals surface area contributed by atoms with E-state index in [-0.39, 0.29) is 19.8 Å². The first-order chi connectivity index (χ1) is 10.7. The number of benzene rings is 2. The van der Waals surface area contributed by atoms with E-state index in [1.807, 2.05) is 48.5 Å². The molecule has 2 rings (SSSR count). The van der Waals surface area contributed by atoms with E-state index >= 15 is 0 Å². The van der Waals surface area contributed by atoms with Gasteiger partial charge in [0, 0.05) is 6.54 Å². The van der Waals surface area contributed by atoms with Crippen LogP contribution in [0, 0.1) is 6.92 Å². The molecule has 0 aliphatic rings. The van der Waals surface area contributed by atoms with E-state index in [0.717, 1.165) is 5.56 Å². The van der Waals surface area contributed by atoms with Crippen LogP contribution >= 0.6 is 0 Å². The van der Waals surface area contributed by atoms with Crippen molar-refractivity contribution in [2.75, 3.05) is 19.8 Å². The summed E-state index contributed by atoms with van der Waals surface area (Å²) in [7, 11) is 0. The Labute approximate surface area is 132 Å². The number of aliphatic hydroxyl groups is 3. The molecule has 0 aromatic heterocycles. The minimum Gasteiger partial charge on any atom is -0.394 e. The second-order valence-electron chi connectivity index (χ2n) is 5.25. The normalized spacial score (nSPS) is 10.7. The monoisotopic (exact) mass is 303 g/mol. The third kappa shape index (κ3) is 6.37. The Morgan fingerprint density at radius 3 is 1.59 bits per heavy atom. The molecule has 0 saturated heterocycles. The Morgan fingerprint density at radius 1 is 0.773 bits per heavy atom. The van der Waals surface area contributed by atoms with Crippen molar-refractivity contribution in [3.05, 3.63) is 71.8 Å². The molecule has 0 spiro atoms. The van der Waals surface area contributed by atoms with Crippen molar-refractivity contribution in [1.29, 1.82) is 0 Å². The molecule has 0 unspecified atom stereocenters. The zero-order valence-electron chi connectivity index (χ0n) is 12.9. The summed E-state index contributed by atoms with van der Waals surface area (Å²) in [5.41, 5.74) is 1.36. The molecule has 22 heavy (non-hydrogen) atoms. The van der Waals surface area contributed by atoms with Crippen LogP contribution < -0.4 is 5.32 Å². The molecule has 0 aliphatic carbocycles. The van der Waals surface area contributed by atoms with Crippen LogP contribution in [0.2, 0.25) is 0 Å². The summed E-state index contributed by atoms with van der Waals surface area (Å²) >= 11 is 0. The maximum atomic E-state index is 9.07. The van der Waals surface area contributed by atoms with Crippen molar-refractivity contribution in [2.45, 2.75) is 19.0 Å². The van der Waals surface area contributed by atoms with E-state index in [0.29, 0.717) is 6.54 Å². The van der Waals surface area contributed by atoms with E-state index in [9.17, 15) is 0 Å². The Bertz CT molecular complexity index is 490. The molecule has 0 bridgehead atoms. The average molecular weight is 303 g/mol. The highest BCUT2D eigenvalue weighted by Gasteiger charge is 2.26. The molecule has 4 heteroatoms. The zero-order chi connectivity index (χ0) is 16.3. The van der Waals surface area contributed by atoms with Gasteiger partial charge in [0.15, 0.2) is 0 Å². The van der Waals surface area contributed by atoms with E-state index in [1.165, 1.54) is 5.56 Å². The number of hydrogen-bond donors (Lipinski definition) is 4. The van der Waals surface area contributed by atoms with Crippen LogP contribution in [0.25, 0.3) is 0 Å². The van der Waals surface area contributed by atoms with Crippen molar-refractivity contribution in [1.82, 2.24) is 5.32 Å². The van der Waals surface area contributed by atoms with Gasteiger partial charge in [-0.2, -0.15) is 0 Å². The summed E-state index contributed by atoms with van der Waals surface area (Å²) in [6, 6.07) is 19.9. The summed E-state index contributed by atoms with van der Waals surface area (Å²) in [6.45, 7) is 1.69. The van der Waals surface area contributed by atoms with Crippen LogP contribution in [0.1, 0.15) is 11.1 Å². The predicted molar refractivity (Wildman–Crippen MR) is 88.4 cm³/mol. The summed E-state index contributed by atoms with van der Waals surface area (Å²) in [4.78, 5) is 0. The quantitative estimate of drug-likeness (QED) is 0.652. The number of nitrogens with one attached hydrogen (secondary N) is 1. The van der Waals surface area contributed by atoms with Crippen molar-refractivity contribution in [3.8, 4) is 0 Å². The van der Waals surface area contributed by atoms with Crippen molar-refractivity contribution in [2.24, 2.45) is 0 Å². The smallest absolute Gasteiger partial charge is 0.0884 e. The number of aryl methyl sites for hydroxylation is 1. The second kappa shape index (κ2) is 10.1. The highest BCUT2D eigenvalue weighted by molar-refractivity contribution is 5.15. The fourth-order valence-electron chi connectivity index (χ4n) is 1.74. The van der Waals surface area contributed by atoms with E-state index in [1.54, 1.807) is 0 Å². The lowest BCUT2D eigenvalue weighted by Crippen LogP contribution is -2.54. The van der Waals surface area contributed by atoms with Crippen LogP contribution in [0.3, 0.4) is 0 Å². The lowest BCUT2D eigenvalue weighted by atomic mass is 10.0. The lowest BCUT2D eigenvalue weighted by molar-refractivity contribution is 0.0414. The molecular weight excluding hydrogens is 278 g/mol. The minimum absolute atomic E-state index is 0.299. The zero-order valence-corrected chi connectivity index (χ0v) is 12.9. The average Bonchev–Trinajstić information content (AvgIpc) is 2.59. The maximum absolute atomic E-state index is 9.07. The third-order valence-corrected chi connectivity index (χ3v) is 3.36. The fraction of sp³-hybridized carbons (Fsp3) is 0.333. The molecular formula is C18H25NO3. The van der Waals surface area contributed by atoms with Gasteiger partial charge in [0.25, 0.3) is 0 Å². The fourth-order valence-corrected chi connectivity index (χ4v) is 1.74. The highest BCUT2D eigenvalue weighted by Crippen LogP contribution is 2.05. The van der Waals surface area contributed by atoms with Crippen LogP contribution in [0.4, 0.5) is 0 Å². The van der Waals surface area contributed by atoms with E-state index in [2.05, 4.69) is 24.4 Å².